The van der Waals surface area contributed by atoms with Crippen LogP contribution in [0.3, 0.4) is 0 Å². The van der Waals surface area contributed by atoms with E-state index >= 15 is 0 Å². The molecule has 3 N–H and O–H groups in total. The van der Waals surface area contributed by atoms with Crippen LogP contribution in [-0.4, -0.2) is 38.2 Å². The molecular weight excluding hydrogens is 236 g/mol. The van der Waals surface area contributed by atoms with E-state index in [1.165, 1.54) is 0 Å². The highest BCUT2D eigenvalue weighted by molar-refractivity contribution is 5.93. The number of carbonyl (C=O) groups excluding carboxylic acids is 1. The summed E-state index contributed by atoms with van der Waals surface area (Å²) in [4.78, 5) is 26.5. The largest absolute Gasteiger partial charge is 0.480 e. The van der Waals surface area contributed by atoms with Crippen molar-refractivity contribution < 1.29 is 14.7 Å². The minimum absolute atomic E-state index is 0.0554. The number of aliphatic carboxylic acids is 1. The van der Waals surface area contributed by atoms with E-state index in [4.69, 9.17) is 11.5 Å². The first kappa shape index (κ1) is 12.1. The molecule has 0 radical (unpaired) electrons. The molecule has 0 aliphatic heterocycles. The Morgan fingerprint density at radius 1 is 1.61 bits per heavy atom. The van der Waals surface area contributed by atoms with Gasteiger partial charge in [0.15, 0.2) is 0 Å². The number of carboxylic acids is 1. The summed E-state index contributed by atoms with van der Waals surface area (Å²) in [5.74, 6) is 1.34. The second-order valence-electron chi connectivity index (χ2n) is 4.09. The zero-order valence-corrected chi connectivity index (χ0v) is 9.51. The number of rotatable bonds is 5. The van der Waals surface area contributed by atoms with Crippen LogP contribution in [0.15, 0.2) is 0 Å². The molecule has 1 saturated carbocycles. The van der Waals surface area contributed by atoms with Gasteiger partial charge in [-0.25, -0.2) is 9.78 Å². The van der Waals surface area contributed by atoms with E-state index in [2.05, 4.69) is 26.4 Å². The number of aromatic nitrogens is 3. The Bertz CT molecular complexity index is 513. The lowest BCUT2D eigenvalue weighted by Gasteiger charge is -2.09. The monoisotopic (exact) mass is 248 g/mol. The van der Waals surface area contributed by atoms with Gasteiger partial charge in [0.25, 0.3) is 5.91 Å². The van der Waals surface area contributed by atoms with Crippen LogP contribution in [0.25, 0.3) is 0 Å². The van der Waals surface area contributed by atoms with Crippen molar-refractivity contribution in [3.05, 3.63) is 11.6 Å². The minimum Gasteiger partial charge on any atom is -0.480 e. The molecule has 1 heterocycles. The average Bonchev–Trinajstić information content (AvgIpc) is 3.06. The van der Waals surface area contributed by atoms with Crippen LogP contribution >= 0.6 is 0 Å². The first-order chi connectivity index (χ1) is 8.61. The van der Waals surface area contributed by atoms with Gasteiger partial charge < -0.3 is 10.4 Å². The highest BCUT2D eigenvalue weighted by Crippen LogP contribution is 2.37. The lowest BCUT2D eigenvalue weighted by atomic mass is 10.2. The van der Waals surface area contributed by atoms with Gasteiger partial charge in [0, 0.05) is 12.3 Å². The van der Waals surface area contributed by atoms with Crippen LogP contribution in [0, 0.1) is 12.3 Å². The Kier molecular flexibility index (Phi) is 3.28. The second kappa shape index (κ2) is 4.87. The highest BCUT2D eigenvalue weighted by Gasteiger charge is 2.29. The molecule has 0 saturated heterocycles. The predicted octanol–water partition coefficient (Wildman–Crippen LogP) is -0.112. The summed E-state index contributed by atoms with van der Waals surface area (Å²) in [6, 6.07) is -1.12. The quantitative estimate of drug-likeness (QED) is 0.630. The lowest BCUT2D eigenvalue weighted by Crippen LogP contribution is -2.40. The molecule has 1 aliphatic rings. The van der Waals surface area contributed by atoms with Crippen molar-refractivity contribution in [3.63, 3.8) is 0 Å². The van der Waals surface area contributed by atoms with E-state index in [1.54, 1.807) is 0 Å². The van der Waals surface area contributed by atoms with Crippen molar-refractivity contribution in [3.8, 4) is 12.3 Å². The molecule has 1 unspecified atom stereocenters. The van der Waals surface area contributed by atoms with Crippen LogP contribution in [0.4, 0.5) is 0 Å². The Balaban J connectivity index is 2.01. The molecule has 1 atom stereocenters. The van der Waals surface area contributed by atoms with Crippen LogP contribution in [0.2, 0.25) is 0 Å². The number of nitrogens with one attached hydrogen (secondary N) is 2. The van der Waals surface area contributed by atoms with Crippen LogP contribution in [-0.2, 0) is 4.79 Å². The summed E-state index contributed by atoms with van der Waals surface area (Å²) in [7, 11) is 0. The van der Waals surface area contributed by atoms with Gasteiger partial charge in [0.05, 0.1) is 0 Å². The highest BCUT2D eigenvalue weighted by atomic mass is 16.4. The van der Waals surface area contributed by atoms with Gasteiger partial charge in [-0.2, -0.15) is 0 Å². The molecule has 94 valence electrons. The first-order valence-corrected chi connectivity index (χ1v) is 5.51. The van der Waals surface area contributed by atoms with E-state index in [0.717, 1.165) is 12.8 Å². The van der Waals surface area contributed by atoms with Gasteiger partial charge in [-0.1, -0.05) is 0 Å². The maximum Gasteiger partial charge on any atom is 0.327 e. The van der Waals surface area contributed by atoms with E-state index in [0.29, 0.717) is 11.7 Å². The molecule has 2 rings (SSSR count). The first-order valence-electron chi connectivity index (χ1n) is 5.51. The molecule has 1 aromatic rings. The maximum absolute atomic E-state index is 11.7. The number of nitrogens with zero attached hydrogens (tertiary/aromatic N) is 2. The smallest absolute Gasteiger partial charge is 0.327 e. The standard InChI is InChI=1S/C11H12N4O3/c1-2-3-7(11(17)18)12-10(16)9-13-8(14-15-9)6-4-5-6/h1,6-7H,3-5H2,(H,12,16)(H,17,18)(H,13,14,15). The molecule has 0 spiro atoms. The Hall–Kier alpha value is -2.36. The molecule has 7 heteroatoms. The number of aromatic amines is 1. The number of terminal acetylenes is 1. The normalized spacial score (nSPS) is 15.7. The van der Waals surface area contributed by atoms with E-state index in [-0.39, 0.29) is 12.2 Å². The fourth-order valence-electron chi connectivity index (χ4n) is 1.46. The van der Waals surface area contributed by atoms with Crippen molar-refractivity contribution >= 4 is 11.9 Å². The van der Waals surface area contributed by atoms with Crippen molar-refractivity contribution in [2.45, 2.75) is 31.2 Å². The molecule has 0 aromatic carbocycles. The number of carboxylic acid groups (broad SMARTS) is 1. The van der Waals surface area contributed by atoms with Crippen LogP contribution < -0.4 is 5.32 Å². The third kappa shape index (κ3) is 2.66. The number of hydrogen-bond acceptors (Lipinski definition) is 4. The van der Waals surface area contributed by atoms with Gasteiger partial charge in [-0.15, -0.1) is 17.4 Å². The van der Waals surface area contributed by atoms with E-state index in [9.17, 15) is 9.59 Å². The van der Waals surface area contributed by atoms with Crippen molar-refractivity contribution in [1.82, 2.24) is 20.5 Å². The van der Waals surface area contributed by atoms with Crippen molar-refractivity contribution in [2.24, 2.45) is 0 Å². The van der Waals surface area contributed by atoms with Crippen LogP contribution in [0.5, 0.6) is 0 Å². The van der Waals surface area contributed by atoms with Gasteiger partial charge >= 0.3 is 5.97 Å². The molecule has 1 amide bonds. The van der Waals surface area contributed by atoms with Crippen molar-refractivity contribution in [2.75, 3.05) is 0 Å². The summed E-state index contributed by atoms with van der Waals surface area (Å²) >= 11 is 0. The van der Waals surface area contributed by atoms with Gasteiger partial charge in [0.2, 0.25) is 5.82 Å². The molecule has 1 fully saturated rings. The Morgan fingerprint density at radius 3 is 2.89 bits per heavy atom. The second-order valence-corrected chi connectivity index (χ2v) is 4.09. The Labute approximate surface area is 103 Å². The maximum atomic E-state index is 11.7. The molecule has 0 bridgehead atoms. The summed E-state index contributed by atoms with van der Waals surface area (Å²) in [5.41, 5.74) is 0. The fourth-order valence-corrected chi connectivity index (χ4v) is 1.46. The zero-order valence-electron chi connectivity index (χ0n) is 9.51. The molecular formula is C11H12N4O3. The predicted molar refractivity (Wildman–Crippen MR) is 60.7 cm³/mol. The lowest BCUT2D eigenvalue weighted by molar-refractivity contribution is -0.139. The molecule has 1 aromatic heterocycles. The third-order valence-electron chi connectivity index (χ3n) is 2.60. The summed E-state index contributed by atoms with van der Waals surface area (Å²) in [6.07, 6.45) is 7.01. The summed E-state index contributed by atoms with van der Waals surface area (Å²) in [5, 5.41) is 17.6. The van der Waals surface area contributed by atoms with Crippen molar-refractivity contribution in [1.29, 1.82) is 0 Å². The number of amides is 1. The number of carbonyl (C=O) groups is 2. The van der Waals surface area contributed by atoms with Gasteiger partial charge in [-0.05, 0) is 12.8 Å². The number of hydrogen-bond donors (Lipinski definition) is 3. The molecule has 1 aliphatic carbocycles. The summed E-state index contributed by atoms with van der Waals surface area (Å²) in [6.45, 7) is 0. The Morgan fingerprint density at radius 2 is 2.33 bits per heavy atom. The zero-order chi connectivity index (χ0) is 13.1. The molecule has 7 nitrogen and oxygen atoms in total. The van der Waals surface area contributed by atoms with Gasteiger partial charge in [0.1, 0.15) is 11.9 Å². The number of H-pyrrole nitrogens is 1. The molecule has 18 heavy (non-hydrogen) atoms. The average molecular weight is 248 g/mol. The fraction of sp³-hybridized carbons (Fsp3) is 0.455. The van der Waals surface area contributed by atoms with E-state index in [1.807, 2.05) is 0 Å². The minimum atomic E-state index is -1.18. The van der Waals surface area contributed by atoms with E-state index < -0.39 is 17.9 Å². The van der Waals surface area contributed by atoms with Crippen LogP contribution in [0.1, 0.15) is 41.6 Å². The van der Waals surface area contributed by atoms with Gasteiger partial charge in [-0.3, -0.25) is 9.89 Å². The third-order valence-corrected chi connectivity index (χ3v) is 2.60. The SMILES string of the molecule is C#CCC(NC(=O)c1n[nH]c(C2CC2)n1)C(=O)O. The topological polar surface area (TPSA) is 108 Å². The summed E-state index contributed by atoms with van der Waals surface area (Å²) < 4.78 is 0.